The first-order valence-corrected chi connectivity index (χ1v) is 5.13. The predicted octanol–water partition coefficient (Wildman–Crippen LogP) is -0.491. The van der Waals surface area contributed by atoms with E-state index in [-0.39, 0.29) is 12.1 Å². The van der Waals surface area contributed by atoms with Crippen molar-refractivity contribution >= 4 is 0 Å². The summed E-state index contributed by atoms with van der Waals surface area (Å²) in [5.41, 5.74) is 21.4. The lowest BCUT2D eigenvalue weighted by molar-refractivity contribution is 0.385. The predicted molar refractivity (Wildman–Crippen MR) is 57.1 cm³/mol. The zero-order valence-corrected chi connectivity index (χ0v) is 8.41. The van der Waals surface area contributed by atoms with E-state index < -0.39 is 0 Å². The third-order valence-corrected chi connectivity index (χ3v) is 2.28. The number of hydrogen-bond donors (Lipinski definition) is 4. The molecule has 0 heterocycles. The highest BCUT2D eigenvalue weighted by atomic mass is 14.8. The quantitative estimate of drug-likeness (QED) is 0.469. The molecule has 0 aromatic rings. The Morgan fingerprint density at radius 1 is 0.846 bits per heavy atom. The van der Waals surface area contributed by atoms with Gasteiger partial charge in [0.15, 0.2) is 0 Å². The highest BCUT2D eigenvalue weighted by molar-refractivity contribution is 4.79. The fourth-order valence-corrected chi connectivity index (χ4v) is 1.31. The van der Waals surface area contributed by atoms with E-state index in [4.69, 9.17) is 22.9 Å². The molecule has 1 saturated carbocycles. The van der Waals surface area contributed by atoms with Crippen LogP contribution in [0.3, 0.4) is 0 Å². The maximum absolute atomic E-state index is 5.65. The van der Waals surface area contributed by atoms with Crippen molar-refractivity contribution in [3.63, 3.8) is 0 Å². The highest BCUT2D eigenvalue weighted by Crippen LogP contribution is 2.14. The molecule has 0 saturated heterocycles. The van der Waals surface area contributed by atoms with Crippen LogP contribution in [0, 0.1) is 0 Å². The SMILES string of the molecule is NC1CCCCC1N.NCCCN. The van der Waals surface area contributed by atoms with Crippen molar-refractivity contribution in [1.29, 1.82) is 0 Å². The average molecular weight is 188 g/mol. The first kappa shape index (κ1) is 12.8. The molecule has 0 aliphatic heterocycles. The Morgan fingerprint density at radius 3 is 1.38 bits per heavy atom. The van der Waals surface area contributed by atoms with Gasteiger partial charge in [-0.3, -0.25) is 0 Å². The highest BCUT2D eigenvalue weighted by Gasteiger charge is 2.16. The fraction of sp³-hybridized carbons (Fsp3) is 1.00. The molecule has 0 spiro atoms. The van der Waals surface area contributed by atoms with E-state index in [2.05, 4.69) is 0 Å². The van der Waals surface area contributed by atoms with Gasteiger partial charge >= 0.3 is 0 Å². The van der Waals surface area contributed by atoms with Crippen molar-refractivity contribution in [1.82, 2.24) is 0 Å². The summed E-state index contributed by atoms with van der Waals surface area (Å²) in [5.74, 6) is 0. The van der Waals surface area contributed by atoms with Gasteiger partial charge in [-0.05, 0) is 32.4 Å². The Labute approximate surface area is 81.0 Å². The van der Waals surface area contributed by atoms with Gasteiger partial charge in [0.1, 0.15) is 0 Å². The van der Waals surface area contributed by atoms with Gasteiger partial charge < -0.3 is 22.9 Å². The molecular formula is C9H24N4. The van der Waals surface area contributed by atoms with E-state index >= 15 is 0 Å². The first-order valence-electron chi connectivity index (χ1n) is 5.13. The fourth-order valence-electron chi connectivity index (χ4n) is 1.31. The Morgan fingerprint density at radius 2 is 1.23 bits per heavy atom. The third kappa shape index (κ3) is 6.95. The molecule has 0 aromatic carbocycles. The first-order chi connectivity index (χ1) is 6.22. The minimum Gasteiger partial charge on any atom is -0.330 e. The second-order valence-corrected chi connectivity index (χ2v) is 3.54. The van der Waals surface area contributed by atoms with Crippen molar-refractivity contribution in [2.75, 3.05) is 13.1 Å². The summed E-state index contributed by atoms with van der Waals surface area (Å²) in [4.78, 5) is 0. The van der Waals surface area contributed by atoms with E-state index in [1.165, 1.54) is 12.8 Å². The molecule has 8 N–H and O–H groups in total. The van der Waals surface area contributed by atoms with Crippen molar-refractivity contribution in [3.8, 4) is 0 Å². The number of rotatable bonds is 2. The molecule has 80 valence electrons. The maximum atomic E-state index is 5.65. The van der Waals surface area contributed by atoms with Crippen molar-refractivity contribution in [2.45, 2.75) is 44.2 Å². The van der Waals surface area contributed by atoms with Crippen LogP contribution >= 0.6 is 0 Å². The van der Waals surface area contributed by atoms with Gasteiger partial charge in [0.2, 0.25) is 0 Å². The van der Waals surface area contributed by atoms with Gasteiger partial charge in [0.25, 0.3) is 0 Å². The Kier molecular flexibility index (Phi) is 8.33. The lowest BCUT2D eigenvalue weighted by atomic mass is 9.92. The summed E-state index contributed by atoms with van der Waals surface area (Å²) >= 11 is 0. The molecule has 4 heteroatoms. The second-order valence-electron chi connectivity index (χ2n) is 3.54. The van der Waals surface area contributed by atoms with Crippen LogP contribution in [0.4, 0.5) is 0 Å². The molecule has 1 aliphatic carbocycles. The minimum absolute atomic E-state index is 0.281. The van der Waals surface area contributed by atoms with Crippen LogP contribution < -0.4 is 22.9 Å². The van der Waals surface area contributed by atoms with Crippen LogP contribution in [-0.2, 0) is 0 Å². The van der Waals surface area contributed by atoms with E-state index in [9.17, 15) is 0 Å². The summed E-state index contributed by atoms with van der Waals surface area (Å²) in [6.07, 6.45) is 5.74. The molecule has 4 nitrogen and oxygen atoms in total. The molecule has 0 bridgehead atoms. The second kappa shape index (κ2) is 8.44. The van der Waals surface area contributed by atoms with Gasteiger partial charge in [-0.25, -0.2) is 0 Å². The van der Waals surface area contributed by atoms with Gasteiger partial charge in [-0.15, -0.1) is 0 Å². The lowest BCUT2D eigenvalue weighted by Gasteiger charge is -2.24. The molecular weight excluding hydrogens is 164 g/mol. The van der Waals surface area contributed by atoms with E-state index in [1.807, 2.05) is 0 Å². The lowest BCUT2D eigenvalue weighted by Crippen LogP contribution is -2.43. The summed E-state index contributed by atoms with van der Waals surface area (Å²) in [7, 11) is 0. The molecule has 1 rings (SSSR count). The minimum atomic E-state index is 0.281. The summed E-state index contributed by atoms with van der Waals surface area (Å²) < 4.78 is 0. The smallest absolute Gasteiger partial charge is 0.0192 e. The van der Waals surface area contributed by atoms with Gasteiger partial charge in [0.05, 0.1) is 0 Å². The van der Waals surface area contributed by atoms with Crippen LogP contribution in [0.25, 0.3) is 0 Å². The van der Waals surface area contributed by atoms with E-state index in [1.54, 1.807) is 0 Å². The van der Waals surface area contributed by atoms with Crippen molar-refractivity contribution in [3.05, 3.63) is 0 Å². The summed E-state index contributed by atoms with van der Waals surface area (Å²) in [5, 5.41) is 0. The van der Waals surface area contributed by atoms with E-state index in [0.29, 0.717) is 0 Å². The molecule has 0 amide bonds. The molecule has 0 radical (unpaired) electrons. The normalized spacial score (nSPS) is 27.7. The van der Waals surface area contributed by atoms with Crippen molar-refractivity contribution in [2.24, 2.45) is 22.9 Å². The average Bonchev–Trinajstić information content (AvgIpc) is 2.13. The Balaban J connectivity index is 0.000000252. The standard InChI is InChI=1S/C6H14N2.C3H10N2/c7-5-3-1-2-4-6(5)8;4-2-1-3-5/h5-6H,1-4,7-8H2;1-5H2. The molecule has 2 atom stereocenters. The zero-order valence-electron chi connectivity index (χ0n) is 8.41. The van der Waals surface area contributed by atoms with Gasteiger partial charge in [0, 0.05) is 12.1 Å². The Hall–Kier alpha value is -0.160. The largest absolute Gasteiger partial charge is 0.330 e. The third-order valence-electron chi connectivity index (χ3n) is 2.28. The summed E-state index contributed by atoms with van der Waals surface area (Å²) in [6.45, 7) is 1.44. The van der Waals surface area contributed by atoms with Crippen LogP contribution in [0.1, 0.15) is 32.1 Å². The van der Waals surface area contributed by atoms with Crippen LogP contribution in [0.2, 0.25) is 0 Å². The topological polar surface area (TPSA) is 104 Å². The molecule has 1 fully saturated rings. The van der Waals surface area contributed by atoms with Crippen LogP contribution in [0.5, 0.6) is 0 Å². The molecule has 0 aromatic heterocycles. The molecule has 13 heavy (non-hydrogen) atoms. The van der Waals surface area contributed by atoms with Gasteiger partial charge in [-0.1, -0.05) is 12.8 Å². The molecule has 2 unspecified atom stereocenters. The maximum Gasteiger partial charge on any atom is 0.0192 e. The summed E-state index contributed by atoms with van der Waals surface area (Å²) in [6, 6.07) is 0.562. The van der Waals surface area contributed by atoms with Crippen LogP contribution in [0.15, 0.2) is 0 Å². The monoisotopic (exact) mass is 188 g/mol. The zero-order chi connectivity index (χ0) is 10.1. The van der Waals surface area contributed by atoms with Crippen LogP contribution in [-0.4, -0.2) is 25.2 Å². The number of nitrogens with two attached hydrogens (primary N) is 4. The van der Waals surface area contributed by atoms with Crippen molar-refractivity contribution < 1.29 is 0 Å². The number of hydrogen-bond acceptors (Lipinski definition) is 4. The molecule has 1 aliphatic rings. The Bertz CT molecular complexity index is 95.8. The van der Waals surface area contributed by atoms with E-state index in [0.717, 1.165) is 32.4 Å². The van der Waals surface area contributed by atoms with Gasteiger partial charge in [-0.2, -0.15) is 0 Å².